The lowest BCUT2D eigenvalue weighted by molar-refractivity contribution is 0.332. The van der Waals surface area contributed by atoms with Gasteiger partial charge < -0.3 is 9.32 Å². The van der Waals surface area contributed by atoms with E-state index in [4.69, 9.17) is 4.42 Å². The lowest BCUT2D eigenvalue weighted by Gasteiger charge is -2.47. The zero-order valence-electron chi connectivity index (χ0n) is 39.1. The van der Waals surface area contributed by atoms with Crippen LogP contribution in [0.4, 0.5) is 34.3 Å². The van der Waals surface area contributed by atoms with Crippen molar-refractivity contribution in [2.75, 3.05) is 9.80 Å². The molecule has 60 heavy (non-hydrogen) atoms. The van der Waals surface area contributed by atoms with Crippen LogP contribution in [0.2, 0.25) is 0 Å². The van der Waals surface area contributed by atoms with Gasteiger partial charge in [-0.15, -0.1) is 0 Å². The first kappa shape index (κ1) is 39.4. The fourth-order valence-electron chi connectivity index (χ4n) is 11.8. The Balaban J connectivity index is 1.35. The Hall–Kier alpha value is -4.70. The molecule has 3 heterocycles. The van der Waals surface area contributed by atoms with Crippen molar-refractivity contribution in [1.29, 1.82) is 0 Å². The van der Waals surface area contributed by atoms with Gasteiger partial charge in [-0.3, -0.25) is 4.90 Å². The van der Waals surface area contributed by atoms with Gasteiger partial charge in [0.2, 0.25) is 5.88 Å². The van der Waals surface area contributed by atoms with Gasteiger partial charge in [-0.2, -0.15) is 0 Å². The Morgan fingerprint density at radius 2 is 1.08 bits per heavy atom. The van der Waals surface area contributed by atoms with Crippen molar-refractivity contribution >= 4 is 68.4 Å². The number of benzene rings is 5. The van der Waals surface area contributed by atoms with Crippen LogP contribution in [0.5, 0.6) is 0 Å². The van der Waals surface area contributed by atoms with Crippen LogP contribution in [0, 0.1) is 27.7 Å². The number of anilines is 6. The smallest absolute Gasteiger partial charge is 0.257 e. The molecule has 0 saturated carbocycles. The van der Waals surface area contributed by atoms with E-state index in [2.05, 4.69) is 186 Å². The number of hydrogen-bond acceptors (Lipinski definition) is 3. The second-order valence-corrected chi connectivity index (χ2v) is 23.1. The normalized spacial score (nSPS) is 19.1. The molecule has 5 aromatic carbocycles. The van der Waals surface area contributed by atoms with Crippen LogP contribution in [0.1, 0.15) is 152 Å². The molecule has 4 aliphatic rings. The van der Waals surface area contributed by atoms with Gasteiger partial charge in [0, 0.05) is 33.6 Å². The van der Waals surface area contributed by atoms with E-state index in [0.717, 1.165) is 11.5 Å². The lowest BCUT2D eigenvalue weighted by atomic mass is 9.33. The molecule has 3 nitrogen and oxygen atoms in total. The highest BCUT2D eigenvalue weighted by molar-refractivity contribution is 7.01. The second-order valence-electron chi connectivity index (χ2n) is 23.1. The van der Waals surface area contributed by atoms with Gasteiger partial charge in [-0.25, -0.2) is 0 Å². The molecule has 0 bridgehead atoms. The van der Waals surface area contributed by atoms with Crippen molar-refractivity contribution in [3.8, 4) is 0 Å². The average Bonchev–Trinajstić information content (AvgIpc) is 3.53. The summed E-state index contributed by atoms with van der Waals surface area (Å²) < 4.78 is 7.24. The standard InChI is InChI=1S/C56H65BN2O/c1-32-16-19-47-38(24-32)48-51(60-47)59(50-34(3)27-36(28-35(50)4)52(5,6)7)46-26-33(2)25-45-49(46)57(48)43-30-41-42(56(14,15)23-22-55(41,12)13)31-44(43)58(45)37-17-18-39-40(29-37)54(10,11)21-20-53(39,8)9/h16-19,24-31H,20-23H2,1-15H3. The van der Waals surface area contributed by atoms with Crippen LogP contribution in [-0.2, 0) is 27.1 Å². The zero-order valence-corrected chi connectivity index (χ0v) is 39.1. The first-order valence-electron chi connectivity index (χ1n) is 22.7. The molecule has 0 radical (unpaired) electrons. The molecule has 2 aliphatic heterocycles. The Morgan fingerprint density at radius 3 is 1.68 bits per heavy atom. The van der Waals surface area contributed by atoms with E-state index in [1.165, 1.54) is 126 Å². The molecule has 0 unspecified atom stereocenters. The summed E-state index contributed by atoms with van der Waals surface area (Å²) in [5.41, 5.74) is 24.0. The highest BCUT2D eigenvalue weighted by Crippen LogP contribution is 2.53. The molecule has 10 rings (SSSR count). The predicted octanol–water partition coefficient (Wildman–Crippen LogP) is 13.7. The summed E-state index contributed by atoms with van der Waals surface area (Å²) in [5, 5.41) is 1.22. The number of rotatable bonds is 2. The van der Waals surface area contributed by atoms with Crippen molar-refractivity contribution < 1.29 is 4.42 Å². The highest BCUT2D eigenvalue weighted by atomic mass is 16.4. The topological polar surface area (TPSA) is 19.6 Å². The molecule has 1 aromatic heterocycles. The second kappa shape index (κ2) is 12.5. The third kappa shape index (κ3) is 5.60. The molecule has 0 atom stereocenters. The number of fused-ring (bicyclic) bond motifs is 8. The Labute approximate surface area is 360 Å². The van der Waals surface area contributed by atoms with Crippen LogP contribution >= 0.6 is 0 Å². The lowest BCUT2D eigenvalue weighted by Crippen LogP contribution is -2.61. The van der Waals surface area contributed by atoms with E-state index in [0.29, 0.717) is 0 Å². The number of nitrogens with zero attached hydrogens (tertiary/aromatic N) is 2. The summed E-state index contributed by atoms with van der Waals surface area (Å²) in [6.07, 6.45) is 4.74. The molecule has 0 saturated heterocycles. The molecule has 0 fully saturated rings. The number of furan rings is 1. The monoisotopic (exact) mass is 793 g/mol. The minimum atomic E-state index is -0.00949. The maximum absolute atomic E-state index is 7.24. The van der Waals surface area contributed by atoms with Crippen molar-refractivity contribution in [3.05, 3.63) is 123 Å². The predicted molar refractivity (Wildman–Crippen MR) is 258 cm³/mol. The first-order valence-corrected chi connectivity index (χ1v) is 22.7. The SMILES string of the molecule is Cc1cc2c3c(c1)N(c1c(C)cc(C(C)(C)C)cc1C)c1oc4ccc(C)cc4c1B3c1cc3c(cc1N2c1ccc2c(c1)C(C)(C)CCC2(C)C)C(C)(C)CCC3(C)C. The van der Waals surface area contributed by atoms with E-state index < -0.39 is 0 Å². The van der Waals surface area contributed by atoms with E-state index in [1.807, 2.05) is 0 Å². The highest BCUT2D eigenvalue weighted by Gasteiger charge is 2.49. The summed E-state index contributed by atoms with van der Waals surface area (Å²) in [6, 6.07) is 29.3. The van der Waals surface area contributed by atoms with E-state index >= 15 is 0 Å². The van der Waals surface area contributed by atoms with Crippen LogP contribution in [0.15, 0.2) is 77.2 Å². The maximum atomic E-state index is 7.24. The van der Waals surface area contributed by atoms with Gasteiger partial charge >= 0.3 is 0 Å². The molecular formula is C56H65BN2O. The quantitative estimate of drug-likeness (QED) is 0.163. The Morgan fingerprint density at radius 1 is 0.533 bits per heavy atom. The molecule has 0 spiro atoms. The molecule has 2 aliphatic carbocycles. The van der Waals surface area contributed by atoms with Gasteiger partial charge in [-0.05, 0) is 178 Å². The molecule has 0 N–H and O–H groups in total. The van der Waals surface area contributed by atoms with Gasteiger partial charge in [0.05, 0.1) is 5.69 Å². The number of hydrogen-bond donors (Lipinski definition) is 0. The van der Waals surface area contributed by atoms with Gasteiger partial charge in [0.15, 0.2) is 0 Å². The fraction of sp³-hybridized carbons (Fsp3) is 0.429. The molecule has 4 heteroatoms. The molecule has 0 amide bonds. The summed E-state index contributed by atoms with van der Waals surface area (Å²) in [7, 11) is 0. The van der Waals surface area contributed by atoms with Crippen molar-refractivity contribution in [2.24, 2.45) is 0 Å². The van der Waals surface area contributed by atoms with Crippen molar-refractivity contribution in [3.63, 3.8) is 0 Å². The summed E-state index contributed by atoms with van der Waals surface area (Å²) in [4.78, 5) is 5.18. The Bertz CT molecular complexity index is 2800. The van der Waals surface area contributed by atoms with Crippen molar-refractivity contribution in [1.82, 2.24) is 0 Å². The number of aryl methyl sites for hydroxylation is 4. The summed E-state index contributed by atoms with van der Waals surface area (Å²) in [6.45, 7) is 35.7. The van der Waals surface area contributed by atoms with Crippen LogP contribution in [-0.4, -0.2) is 6.71 Å². The Kier molecular flexibility index (Phi) is 8.19. The van der Waals surface area contributed by atoms with E-state index in [9.17, 15) is 0 Å². The van der Waals surface area contributed by atoms with Gasteiger partial charge in [-0.1, -0.05) is 112 Å². The zero-order chi connectivity index (χ0) is 42.8. The van der Waals surface area contributed by atoms with Gasteiger partial charge in [0.25, 0.3) is 6.71 Å². The fourth-order valence-corrected chi connectivity index (χ4v) is 11.8. The van der Waals surface area contributed by atoms with Crippen molar-refractivity contribution in [2.45, 2.75) is 157 Å². The largest absolute Gasteiger partial charge is 0.440 e. The third-order valence-corrected chi connectivity index (χ3v) is 15.6. The van der Waals surface area contributed by atoms with Gasteiger partial charge in [0.1, 0.15) is 5.58 Å². The first-order chi connectivity index (χ1) is 28.0. The third-order valence-electron chi connectivity index (χ3n) is 15.6. The van der Waals surface area contributed by atoms with Crippen LogP contribution < -0.4 is 26.2 Å². The van der Waals surface area contributed by atoms with E-state index in [1.54, 1.807) is 0 Å². The minimum absolute atomic E-state index is 0.00949. The molecule has 308 valence electrons. The summed E-state index contributed by atoms with van der Waals surface area (Å²) >= 11 is 0. The van der Waals surface area contributed by atoms with E-state index in [-0.39, 0.29) is 33.8 Å². The molecular weight excluding hydrogens is 727 g/mol. The van der Waals surface area contributed by atoms with Crippen LogP contribution in [0.3, 0.4) is 0 Å². The summed E-state index contributed by atoms with van der Waals surface area (Å²) in [5.74, 6) is 0.953. The maximum Gasteiger partial charge on any atom is 0.257 e. The average molecular weight is 793 g/mol. The van der Waals surface area contributed by atoms with Crippen LogP contribution in [0.25, 0.3) is 11.0 Å². The minimum Gasteiger partial charge on any atom is -0.440 e. The molecule has 6 aromatic rings.